The van der Waals surface area contributed by atoms with Crippen molar-refractivity contribution < 1.29 is 4.92 Å². The molecule has 1 aliphatic heterocycles. The summed E-state index contributed by atoms with van der Waals surface area (Å²) >= 11 is 0. The molecule has 0 bridgehead atoms. The Balaban J connectivity index is 0.000000980. The van der Waals surface area contributed by atoms with E-state index in [2.05, 4.69) is 10.3 Å². The summed E-state index contributed by atoms with van der Waals surface area (Å²) in [5.74, 6) is 0. The fourth-order valence-electron chi connectivity index (χ4n) is 1.43. The summed E-state index contributed by atoms with van der Waals surface area (Å²) in [5, 5.41) is 13.6. The van der Waals surface area contributed by atoms with Crippen molar-refractivity contribution in [3.8, 4) is 0 Å². The smallest absolute Gasteiger partial charge is 0.287 e. The molecule has 2 rings (SSSR count). The average Bonchev–Trinajstić information content (AvgIpc) is 2.17. The van der Waals surface area contributed by atoms with Crippen LogP contribution in [0.2, 0.25) is 0 Å². The zero-order valence-corrected chi connectivity index (χ0v) is 8.21. The van der Waals surface area contributed by atoms with Gasteiger partial charge in [0.15, 0.2) is 0 Å². The quantitative estimate of drug-likeness (QED) is 0.562. The average molecular weight is 216 g/mol. The molecule has 0 aromatic carbocycles. The first-order valence-corrected chi connectivity index (χ1v) is 4.10. The molecule has 14 heavy (non-hydrogen) atoms. The Labute approximate surface area is 87.1 Å². The summed E-state index contributed by atoms with van der Waals surface area (Å²) < 4.78 is 0. The second-order valence-electron chi connectivity index (χ2n) is 2.98. The first kappa shape index (κ1) is 10.9. The van der Waals surface area contributed by atoms with Crippen molar-refractivity contribution in [1.29, 1.82) is 0 Å². The van der Waals surface area contributed by atoms with Gasteiger partial charge < -0.3 is 5.32 Å². The lowest BCUT2D eigenvalue weighted by atomic mass is 10.1. The second-order valence-corrected chi connectivity index (χ2v) is 2.98. The predicted octanol–water partition coefficient (Wildman–Crippen LogP) is 1.06. The van der Waals surface area contributed by atoms with Crippen molar-refractivity contribution >= 4 is 18.1 Å². The van der Waals surface area contributed by atoms with Crippen molar-refractivity contribution in [3.63, 3.8) is 0 Å². The highest BCUT2D eigenvalue weighted by Gasteiger charge is 2.14. The molecule has 1 aliphatic rings. The number of rotatable bonds is 1. The molecule has 1 aromatic rings. The summed E-state index contributed by atoms with van der Waals surface area (Å²) in [4.78, 5) is 14.1. The Morgan fingerprint density at radius 2 is 2.36 bits per heavy atom. The largest absolute Gasteiger partial charge is 0.312 e. The Morgan fingerprint density at radius 1 is 1.57 bits per heavy atom. The monoisotopic (exact) mass is 215 g/mol. The minimum absolute atomic E-state index is 0. The van der Waals surface area contributed by atoms with Gasteiger partial charge in [-0.25, -0.2) is 0 Å². The molecule has 0 saturated carbocycles. The third-order valence-electron chi connectivity index (χ3n) is 2.11. The molecule has 6 heteroatoms. The number of hydrogen-bond acceptors (Lipinski definition) is 4. The molecule has 76 valence electrons. The zero-order chi connectivity index (χ0) is 9.26. The number of nitro groups is 1. The van der Waals surface area contributed by atoms with Crippen molar-refractivity contribution in [2.24, 2.45) is 0 Å². The van der Waals surface area contributed by atoms with E-state index in [1.165, 1.54) is 6.20 Å². The van der Waals surface area contributed by atoms with Crippen molar-refractivity contribution in [2.75, 3.05) is 6.54 Å². The first-order valence-electron chi connectivity index (χ1n) is 4.10. The van der Waals surface area contributed by atoms with E-state index >= 15 is 0 Å². The molecule has 1 N–H and O–H groups in total. The van der Waals surface area contributed by atoms with Gasteiger partial charge in [0.25, 0.3) is 5.69 Å². The van der Waals surface area contributed by atoms with Gasteiger partial charge in [-0.2, -0.15) is 0 Å². The van der Waals surface area contributed by atoms with Crippen molar-refractivity contribution in [1.82, 2.24) is 10.3 Å². The van der Waals surface area contributed by atoms with Crippen LogP contribution in [-0.2, 0) is 13.0 Å². The molecule has 0 saturated heterocycles. The molecular formula is C8H10ClN3O2. The van der Waals surface area contributed by atoms with Crippen LogP contribution in [0.5, 0.6) is 0 Å². The van der Waals surface area contributed by atoms with Crippen LogP contribution in [0.1, 0.15) is 11.3 Å². The highest BCUT2D eigenvalue weighted by atomic mass is 35.5. The summed E-state index contributed by atoms with van der Waals surface area (Å²) in [6.45, 7) is 1.59. The van der Waals surface area contributed by atoms with Crippen LogP contribution in [0.3, 0.4) is 0 Å². The Hall–Kier alpha value is -1.20. The molecule has 0 radical (unpaired) electrons. The van der Waals surface area contributed by atoms with Crippen LogP contribution in [0.15, 0.2) is 12.3 Å². The maximum atomic E-state index is 10.4. The molecule has 2 heterocycles. The van der Waals surface area contributed by atoms with E-state index in [1.807, 2.05) is 0 Å². The van der Waals surface area contributed by atoms with Crippen LogP contribution >= 0.6 is 12.4 Å². The predicted molar refractivity (Wildman–Crippen MR) is 53.6 cm³/mol. The molecule has 5 nitrogen and oxygen atoms in total. The zero-order valence-electron chi connectivity index (χ0n) is 7.40. The number of nitrogens with one attached hydrogen (secondary N) is 1. The number of fused-ring (bicyclic) bond motifs is 1. The molecule has 0 atom stereocenters. The number of hydrogen-bond donors (Lipinski definition) is 1. The first-order chi connectivity index (χ1) is 6.27. The second kappa shape index (κ2) is 4.34. The van der Waals surface area contributed by atoms with E-state index in [0.29, 0.717) is 6.54 Å². The lowest BCUT2D eigenvalue weighted by Gasteiger charge is -2.14. The van der Waals surface area contributed by atoms with Gasteiger partial charge in [0, 0.05) is 31.3 Å². The number of aromatic nitrogens is 1. The van der Waals surface area contributed by atoms with Crippen LogP contribution in [0.4, 0.5) is 5.69 Å². The van der Waals surface area contributed by atoms with Gasteiger partial charge >= 0.3 is 0 Å². The van der Waals surface area contributed by atoms with Crippen LogP contribution in [0.25, 0.3) is 0 Å². The SMILES string of the molecule is Cl.O=[N+]([O-])c1cnc2c(c1)CNCC2. The maximum absolute atomic E-state index is 10.4. The lowest BCUT2D eigenvalue weighted by molar-refractivity contribution is -0.385. The van der Waals surface area contributed by atoms with Crippen molar-refractivity contribution in [3.05, 3.63) is 33.6 Å². The molecule has 0 amide bonds. The lowest BCUT2D eigenvalue weighted by Crippen LogP contribution is -2.24. The summed E-state index contributed by atoms with van der Waals surface area (Å²) in [6, 6.07) is 1.59. The van der Waals surface area contributed by atoms with E-state index in [0.717, 1.165) is 24.2 Å². The van der Waals surface area contributed by atoms with Gasteiger partial charge in [0.05, 0.1) is 4.92 Å². The Kier molecular flexibility index (Phi) is 3.38. The fourth-order valence-corrected chi connectivity index (χ4v) is 1.43. The fraction of sp³-hybridized carbons (Fsp3) is 0.375. The van der Waals surface area contributed by atoms with Gasteiger partial charge in [-0.1, -0.05) is 0 Å². The summed E-state index contributed by atoms with van der Waals surface area (Å²) in [5.41, 5.74) is 1.99. The van der Waals surface area contributed by atoms with Crippen LogP contribution in [0, 0.1) is 10.1 Å². The third-order valence-corrected chi connectivity index (χ3v) is 2.11. The van der Waals surface area contributed by atoms with Gasteiger partial charge in [-0.3, -0.25) is 15.1 Å². The number of nitrogens with zero attached hydrogens (tertiary/aromatic N) is 2. The van der Waals surface area contributed by atoms with Crippen LogP contribution in [-0.4, -0.2) is 16.5 Å². The highest BCUT2D eigenvalue weighted by molar-refractivity contribution is 5.85. The normalized spacial score (nSPS) is 14.0. The molecular weight excluding hydrogens is 206 g/mol. The van der Waals surface area contributed by atoms with Gasteiger partial charge in [0.2, 0.25) is 0 Å². The maximum Gasteiger partial charge on any atom is 0.287 e. The van der Waals surface area contributed by atoms with E-state index in [9.17, 15) is 10.1 Å². The van der Waals surface area contributed by atoms with Crippen molar-refractivity contribution in [2.45, 2.75) is 13.0 Å². The Bertz CT molecular complexity index is 356. The molecule has 0 aliphatic carbocycles. The molecule has 0 fully saturated rings. The van der Waals surface area contributed by atoms with E-state index < -0.39 is 4.92 Å². The molecule has 1 aromatic heterocycles. The summed E-state index contributed by atoms with van der Waals surface area (Å²) in [7, 11) is 0. The van der Waals surface area contributed by atoms with E-state index in [-0.39, 0.29) is 18.1 Å². The summed E-state index contributed by atoms with van der Waals surface area (Å²) in [6.07, 6.45) is 2.18. The molecule has 0 unspecified atom stereocenters. The number of halogens is 1. The standard InChI is InChI=1S/C8H9N3O2.ClH/c12-11(13)7-3-6-4-9-2-1-8(6)10-5-7;/h3,5,9H,1-2,4H2;1H. The van der Waals surface area contributed by atoms with Gasteiger partial charge in [-0.05, 0) is 5.56 Å². The van der Waals surface area contributed by atoms with Crippen LogP contribution < -0.4 is 5.32 Å². The minimum atomic E-state index is -0.415. The van der Waals surface area contributed by atoms with E-state index in [1.54, 1.807) is 6.07 Å². The number of pyridine rings is 1. The van der Waals surface area contributed by atoms with Gasteiger partial charge in [0.1, 0.15) is 6.20 Å². The third kappa shape index (κ3) is 2.00. The Morgan fingerprint density at radius 3 is 3.07 bits per heavy atom. The van der Waals surface area contributed by atoms with Gasteiger partial charge in [-0.15, -0.1) is 12.4 Å². The molecule has 0 spiro atoms. The highest BCUT2D eigenvalue weighted by Crippen LogP contribution is 2.17. The topological polar surface area (TPSA) is 68.1 Å². The minimum Gasteiger partial charge on any atom is -0.312 e. The van der Waals surface area contributed by atoms with E-state index in [4.69, 9.17) is 0 Å².